The van der Waals surface area contributed by atoms with Crippen molar-refractivity contribution < 1.29 is 4.52 Å². The molecule has 0 spiro atoms. The van der Waals surface area contributed by atoms with Gasteiger partial charge in [-0.15, -0.1) is 0 Å². The minimum absolute atomic E-state index is 0.188. The van der Waals surface area contributed by atoms with Crippen LogP contribution in [-0.4, -0.2) is 31.3 Å². The van der Waals surface area contributed by atoms with Gasteiger partial charge in [0, 0.05) is 31.2 Å². The molecule has 1 aromatic carbocycles. The van der Waals surface area contributed by atoms with E-state index in [1.54, 1.807) is 42.5 Å². The van der Waals surface area contributed by atoms with Crippen LogP contribution in [0, 0.1) is 13.8 Å². The Labute approximate surface area is 182 Å². The van der Waals surface area contributed by atoms with Crippen LogP contribution < -0.4 is 11.0 Å². The second kappa shape index (κ2) is 6.95. The second-order valence-electron chi connectivity index (χ2n) is 7.38. The lowest BCUT2D eigenvalue weighted by atomic mass is 10.0. The number of benzene rings is 1. The van der Waals surface area contributed by atoms with Crippen molar-refractivity contribution in [3.8, 4) is 16.8 Å². The van der Waals surface area contributed by atoms with Crippen molar-refractivity contribution in [2.75, 3.05) is 12.4 Å². The number of aromatic nitrogens is 5. The Morgan fingerprint density at radius 2 is 1.90 bits per heavy atom. The van der Waals surface area contributed by atoms with E-state index in [0.29, 0.717) is 28.0 Å². The molecule has 0 saturated carbocycles. The van der Waals surface area contributed by atoms with Gasteiger partial charge in [0.1, 0.15) is 17.2 Å². The summed E-state index contributed by atoms with van der Waals surface area (Å²) in [6.45, 7) is 3.62. The average Bonchev–Trinajstić information content (AvgIpc) is 3.23. The summed E-state index contributed by atoms with van der Waals surface area (Å²) in [5.74, 6) is 1.19. The van der Waals surface area contributed by atoms with Crippen molar-refractivity contribution in [2.45, 2.75) is 13.8 Å². The molecular formula is C22H19ClN6O2. The molecule has 0 radical (unpaired) electrons. The first-order valence-corrected chi connectivity index (χ1v) is 10.1. The summed E-state index contributed by atoms with van der Waals surface area (Å²) in [6, 6.07) is 7.76. The van der Waals surface area contributed by atoms with Crippen LogP contribution in [0.5, 0.6) is 0 Å². The lowest BCUT2D eigenvalue weighted by molar-refractivity contribution is 0.393. The van der Waals surface area contributed by atoms with Gasteiger partial charge in [0.2, 0.25) is 0 Å². The number of hydrogen-bond acceptors (Lipinski definition) is 6. The van der Waals surface area contributed by atoms with Crippen LogP contribution in [0.1, 0.15) is 11.5 Å². The second-order valence-corrected chi connectivity index (χ2v) is 7.79. The summed E-state index contributed by atoms with van der Waals surface area (Å²) in [4.78, 5) is 22.1. The monoisotopic (exact) mass is 434 g/mol. The SMILES string of the molecule is CNc1ncc(-c2ccc3ncc4c(c3c2)n(-c2c(C)noc2C)c(=O)n4C)cc1Cl. The molecule has 0 saturated heterocycles. The van der Waals surface area contributed by atoms with E-state index >= 15 is 0 Å². The topological polar surface area (TPSA) is 90.8 Å². The Morgan fingerprint density at radius 1 is 1.10 bits per heavy atom. The molecule has 0 atom stereocenters. The van der Waals surface area contributed by atoms with Gasteiger partial charge in [-0.05, 0) is 37.6 Å². The number of nitrogens with one attached hydrogen (secondary N) is 1. The first-order valence-electron chi connectivity index (χ1n) is 9.68. The van der Waals surface area contributed by atoms with Crippen LogP contribution in [0.4, 0.5) is 5.82 Å². The summed E-state index contributed by atoms with van der Waals surface area (Å²) in [7, 11) is 3.51. The zero-order chi connectivity index (χ0) is 21.9. The minimum Gasteiger partial charge on any atom is -0.372 e. The predicted octanol–water partition coefficient (Wildman–Crippen LogP) is 4.24. The Bertz CT molecular complexity index is 1530. The van der Waals surface area contributed by atoms with Gasteiger partial charge in [0.25, 0.3) is 0 Å². The maximum absolute atomic E-state index is 13.2. The van der Waals surface area contributed by atoms with E-state index in [-0.39, 0.29) is 5.69 Å². The van der Waals surface area contributed by atoms with Gasteiger partial charge in [-0.25, -0.2) is 9.78 Å². The van der Waals surface area contributed by atoms with Crippen molar-refractivity contribution in [3.63, 3.8) is 0 Å². The largest absolute Gasteiger partial charge is 0.372 e. The first-order chi connectivity index (χ1) is 14.9. The Kier molecular flexibility index (Phi) is 4.33. The van der Waals surface area contributed by atoms with E-state index in [1.165, 1.54) is 0 Å². The van der Waals surface area contributed by atoms with E-state index in [9.17, 15) is 4.79 Å². The van der Waals surface area contributed by atoms with Gasteiger partial charge in [-0.1, -0.05) is 22.8 Å². The van der Waals surface area contributed by atoms with Crippen LogP contribution in [0.15, 0.2) is 46.0 Å². The standard InChI is InChI=1S/C22H19ClN6O2/c1-11-19(12(2)31-27-11)29-20-15-7-13(14-8-16(23)21(24-3)26-9-14)5-6-17(15)25-10-18(20)28(4)22(29)30/h5-10H,1-4H3,(H,24,26). The number of imidazole rings is 1. The Morgan fingerprint density at radius 3 is 2.58 bits per heavy atom. The molecule has 0 aliphatic heterocycles. The molecular weight excluding hydrogens is 416 g/mol. The van der Waals surface area contributed by atoms with Gasteiger partial charge in [0.05, 0.1) is 27.8 Å². The summed E-state index contributed by atoms with van der Waals surface area (Å²) in [5.41, 5.74) is 5.13. The van der Waals surface area contributed by atoms with Crippen molar-refractivity contribution in [1.82, 2.24) is 24.3 Å². The zero-order valence-corrected chi connectivity index (χ0v) is 18.2. The fourth-order valence-corrected chi connectivity index (χ4v) is 4.22. The molecule has 0 aliphatic carbocycles. The van der Waals surface area contributed by atoms with Gasteiger partial charge < -0.3 is 9.84 Å². The lowest BCUT2D eigenvalue weighted by Crippen LogP contribution is -2.21. The number of nitrogens with zero attached hydrogens (tertiary/aromatic N) is 5. The van der Waals surface area contributed by atoms with Crippen LogP contribution >= 0.6 is 11.6 Å². The van der Waals surface area contributed by atoms with Crippen LogP contribution in [0.25, 0.3) is 38.8 Å². The fourth-order valence-electron chi connectivity index (χ4n) is 3.96. The normalized spacial score (nSPS) is 11.5. The molecule has 0 unspecified atom stereocenters. The van der Waals surface area contributed by atoms with Crippen molar-refractivity contribution in [1.29, 1.82) is 0 Å². The van der Waals surface area contributed by atoms with E-state index in [2.05, 4.69) is 20.4 Å². The molecule has 4 aromatic heterocycles. The quantitative estimate of drug-likeness (QED) is 0.456. The van der Waals surface area contributed by atoms with E-state index < -0.39 is 0 Å². The van der Waals surface area contributed by atoms with E-state index in [1.807, 2.05) is 31.2 Å². The van der Waals surface area contributed by atoms with Gasteiger partial charge >= 0.3 is 5.69 Å². The zero-order valence-electron chi connectivity index (χ0n) is 17.4. The first kappa shape index (κ1) is 19.3. The van der Waals surface area contributed by atoms with Crippen LogP contribution in [0.2, 0.25) is 5.02 Å². The fraction of sp³-hybridized carbons (Fsp3) is 0.182. The maximum atomic E-state index is 13.2. The minimum atomic E-state index is -0.188. The van der Waals surface area contributed by atoms with Crippen LogP contribution in [0.3, 0.4) is 0 Å². The third-order valence-electron chi connectivity index (χ3n) is 5.51. The summed E-state index contributed by atoms with van der Waals surface area (Å²) >= 11 is 6.34. The molecule has 5 rings (SSSR count). The molecule has 9 heteroatoms. The molecule has 0 amide bonds. The summed E-state index contributed by atoms with van der Waals surface area (Å²) < 4.78 is 8.58. The highest BCUT2D eigenvalue weighted by molar-refractivity contribution is 6.33. The average molecular weight is 435 g/mol. The van der Waals surface area contributed by atoms with Gasteiger partial charge in [-0.2, -0.15) is 0 Å². The molecule has 0 aliphatic rings. The third kappa shape index (κ3) is 2.83. The maximum Gasteiger partial charge on any atom is 0.333 e. The summed E-state index contributed by atoms with van der Waals surface area (Å²) in [6.07, 6.45) is 3.48. The number of aryl methyl sites for hydroxylation is 3. The number of rotatable bonds is 3. The molecule has 4 heterocycles. The highest BCUT2D eigenvalue weighted by Crippen LogP contribution is 2.32. The molecule has 1 N–H and O–H groups in total. The predicted molar refractivity (Wildman–Crippen MR) is 121 cm³/mol. The van der Waals surface area contributed by atoms with Crippen molar-refractivity contribution in [3.05, 3.63) is 63.6 Å². The Balaban J connectivity index is 1.86. The molecule has 8 nitrogen and oxygen atoms in total. The number of anilines is 1. The highest BCUT2D eigenvalue weighted by Gasteiger charge is 2.21. The van der Waals surface area contributed by atoms with Crippen LogP contribution in [-0.2, 0) is 7.05 Å². The smallest absolute Gasteiger partial charge is 0.333 e. The lowest BCUT2D eigenvalue weighted by Gasteiger charge is -2.09. The molecule has 0 bridgehead atoms. The van der Waals surface area contributed by atoms with E-state index in [4.69, 9.17) is 16.1 Å². The van der Waals surface area contributed by atoms with Gasteiger partial charge in [0.15, 0.2) is 5.76 Å². The van der Waals surface area contributed by atoms with Crippen molar-refractivity contribution >= 4 is 39.4 Å². The molecule has 0 fully saturated rings. The number of halogens is 1. The highest BCUT2D eigenvalue weighted by atomic mass is 35.5. The number of pyridine rings is 2. The van der Waals surface area contributed by atoms with E-state index in [0.717, 1.165) is 33.1 Å². The van der Waals surface area contributed by atoms with Crippen molar-refractivity contribution in [2.24, 2.45) is 7.05 Å². The Hall–Kier alpha value is -3.65. The molecule has 31 heavy (non-hydrogen) atoms. The summed E-state index contributed by atoms with van der Waals surface area (Å²) in [5, 5.41) is 8.36. The third-order valence-corrected chi connectivity index (χ3v) is 5.80. The number of fused-ring (bicyclic) bond motifs is 3. The molecule has 5 aromatic rings. The van der Waals surface area contributed by atoms with Gasteiger partial charge in [-0.3, -0.25) is 14.1 Å². The molecule has 156 valence electrons. The number of hydrogen-bond donors (Lipinski definition) is 1.